The van der Waals surface area contributed by atoms with E-state index in [4.69, 9.17) is 0 Å². The Morgan fingerprint density at radius 3 is 0.364 bits per heavy atom. The molecule has 0 radical (unpaired) electrons. The van der Waals surface area contributed by atoms with Crippen LogP contribution in [0.1, 0.15) is 0 Å². The topological polar surface area (TPSA) is 280 Å². The van der Waals surface area contributed by atoms with Gasteiger partial charge in [-0.3, -0.25) is 0 Å². The predicted octanol–water partition coefficient (Wildman–Crippen LogP) is -9.71. The summed E-state index contributed by atoms with van der Waals surface area (Å²) in [6.45, 7) is 0. The van der Waals surface area contributed by atoms with E-state index in [9.17, 15) is 0 Å². The average Bonchev–Trinajstić information content (AvgIpc) is 0. The first kappa shape index (κ1) is 2090. The van der Waals surface area contributed by atoms with Crippen molar-refractivity contribution in [1.29, 1.82) is 0 Å². The SMILES string of the molecule is O.O.O.O.O.O.O.O.[Cl-].[O-2].[Zr+4]. The van der Waals surface area contributed by atoms with Crippen LogP contribution in [-0.4, -0.2) is 43.8 Å². The summed E-state index contributed by atoms with van der Waals surface area (Å²) in [6.07, 6.45) is 0. The Balaban J connectivity index is 0. The molecule has 11 heavy (non-hydrogen) atoms. The molecule has 0 aromatic carbocycles. The molecule has 0 amide bonds. The Kier molecular flexibility index (Phi) is 299000. The van der Waals surface area contributed by atoms with Crippen LogP contribution in [0, 0.1) is 0 Å². The largest absolute Gasteiger partial charge is 4.00 e. The third kappa shape index (κ3) is 1270. The minimum atomic E-state index is 0. The van der Waals surface area contributed by atoms with Gasteiger partial charge in [-0.15, -0.1) is 0 Å². The Labute approximate surface area is 88.1 Å². The van der Waals surface area contributed by atoms with Gasteiger partial charge in [-0.05, 0) is 0 Å². The average molecular weight is 287 g/mol. The molecule has 0 bridgehead atoms. The van der Waals surface area contributed by atoms with E-state index in [1.165, 1.54) is 0 Å². The smallest absolute Gasteiger partial charge is 2.00 e. The van der Waals surface area contributed by atoms with Gasteiger partial charge in [-0.25, -0.2) is 0 Å². The Morgan fingerprint density at radius 1 is 0.364 bits per heavy atom. The molecular formula is H16ClO9Zr+. The van der Waals surface area contributed by atoms with E-state index in [1.807, 2.05) is 0 Å². The van der Waals surface area contributed by atoms with Crippen molar-refractivity contribution in [2.45, 2.75) is 0 Å². The summed E-state index contributed by atoms with van der Waals surface area (Å²) in [7, 11) is 0. The summed E-state index contributed by atoms with van der Waals surface area (Å²) in [5.74, 6) is 0. The normalized spacial score (nSPS) is 0. The van der Waals surface area contributed by atoms with Crippen molar-refractivity contribution in [1.82, 2.24) is 0 Å². The van der Waals surface area contributed by atoms with Crippen molar-refractivity contribution < 1.29 is 87.9 Å². The fraction of sp³-hybridized carbons (Fsp3) is 0. The fourth-order valence-electron chi connectivity index (χ4n) is 0. The van der Waals surface area contributed by atoms with Crippen LogP contribution in [0.5, 0.6) is 0 Å². The van der Waals surface area contributed by atoms with Gasteiger partial charge < -0.3 is 61.7 Å². The summed E-state index contributed by atoms with van der Waals surface area (Å²) in [4.78, 5) is 0. The second-order valence-corrected chi connectivity index (χ2v) is 0. The molecule has 0 rings (SSSR count). The van der Waals surface area contributed by atoms with Crippen LogP contribution in [0.25, 0.3) is 0 Å². The molecule has 0 aliphatic heterocycles. The molecule has 9 nitrogen and oxygen atoms in total. The van der Waals surface area contributed by atoms with Crippen molar-refractivity contribution in [2.24, 2.45) is 0 Å². The van der Waals surface area contributed by atoms with Crippen LogP contribution in [0.15, 0.2) is 0 Å². The molecule has 0 aromatic rings. The van der Waals surface area contributed by atoms with Crippen LogP contribution < -0.4 is 12.4 Å². The molecule has 0 aromatic heterocycles. The molecule has 0 aliphatic rings. The standard InChI is InChI=1S/ClH.8H2O.O.Zr/h1H;8*1H2;;/q;;;;;;;;;-2;+4/p-1. The predicted molar refractivity (Wildman–Crippen MR) is 29.6 cm³/mol. The Bertz CT molecular complexity index is 9.52. The van der Waals surface area contributed by atoms with Gasteiger partial charge in [0.15, 0.2) is 0 Å². The molecule has 0 fully saturated rings. The van der Waals surface area contributed by atoms with Gasteiger partial charge in [0.25, 0.3) is 0 Å². The number of rotatable bonds is 0. The van der Waals surface area contributed by atoms with Crippen molar-refractivity contribution in [3.05, 3.63) is 0 Å². The van der Waals surface area contributed by atoms with Crippen molar-refractivity contribution in [3.8, 4) is 0 Å². The summed E-state index contributed by atoms with van der Waals surface area (Å²) >= 11 is 0. The summed E-state index contributed by atoms with van der Waals surface area (Å²) in [6, 6.07) is 0. The number of hydrogen-bond donors (Lipinski definition) is 0. The maximum absolute atomic E-state index is 0. The van der Waals surface area contributed by atoms with Gasteiger partial charge >= 0.3 is 26.2 Å². The zero-order valence-corrected chi connectivity index (χ0v) is 8.50. The van der Waals surface area contributed by atoms with E-state index < -0.39 is 0 Å². The molecular weight excluding hydrogens is 271 g/mol. The zero-order chi connectivity index (χ0) is 0. The summed E-state index contributed by atoms with van der Waals surface area (Å²) in [5.41, 5.74) is 0. The first-order valence-corrected chi connectivity index (χ1v) is 0. The van der Waals surface area contributed by atoms with Gasteiger partial charge in [0.1, 0.15) is 0 Å². The van der Waals surface area contributed by atoms with Crippen LogP contribution in [0.2, 0.25) is 0 Å². The monoisotopic (exact) mass is 285 g/mol. The van der Waals surface area contributed by atoms with Crippen molar-refractivity contribution in [2.75, 3.05) is 0 Å². The maximum Gasteiger partial charge on any atom is 4.00 e. The molecule has 0 aliphatic carbocycles. The summed E-state index contributed by atoms with van der Waals surface area (Å²) in [5, 5.41) is 0. The zero-order valence-electron chi connectivity index (χ0n) is 5.29. The van der Waals surface area contributed by atoms with Gasteiger partial charge in [0, 0.05) is 0 Å². The van der Waals surface area contributed by atoms with Crippen LogP contribution >= 0.6 is 0 Å². The van der Waals surface area contributed by atoms with Gasteiger partial charge in [0.2, 0.25) is 0 Å². The molecule has 11 heteroatoms. The summed E-state index contributed by atoms with van der Waals surface area (Å²) < 4.78 is 0. The maximum atomic E-state index is 0. The quantitative estimate of drug-likeness (QED) is 0.400. The first-order chi connectivity index (χ1) is 0. The molecule has 0 atom stereocenters. The van der Waals surface area contributed by atoms with E-state index in [-0.39, 0.29) is 87.9 Å². The van der Waals surface area contributed by atoms with Crippen molar-refractivity contribution in [3.63, 3.8) is 0 Å². The number of hydrogen-bond acceptors (Lipinski definition) is 0. The fourth-order valence-corrected chi connectivity index (χ4v) is 0. The minimum absolute atomic E-state index is 0. The molecule has 0 saturated carbocycles. The third-order valence-corrected chi connectivity index (χ3v) is 0. The van der Waals surface area contributed by atoms with E-state index in [0.29, 0.717) is 0 Å². The molecule has 80 valence electrons. The van der Waals surface area contributed by atoms with Crippen molar-refractivity contribution >= 4 is 0 Å². The van der Waals surface area contributed by atoms with Crippen LogP contribution in [0.4, 0.5) is 0 Å². The van der Waals surface area contributed by atoms with Crippen LogP contribution in [-0.2, 0) is 31.7 Å². The molecule has 0 unspecified atom stereocenters. The Hall–Kier alpha value is 0.813. The van der Waals surface area contributed by atoms with Crippen LogP contribution in [0.3, 0.4) is 0 Å². The van der Waals surface area contributed by atoms with Gasteiger partial charge in [-0.1, -0.05) is 0 Å². The molecule has 16 N–H and O–H groups in total. The third-order valence-electron chi connectivity index (χ3n) is 0. The van der Waals surface area contributed by atoms with E-state index in [2.05, 4.69) is 0 Å². The molecule has 0 spiro atoms. The van der Waals surface area contributed by atoms with E-state index in [0.717, 1.165) is 0 Å². The van der Waals surface area contributed by atoms with E-state index >= 15 is 0 Å². The first-order valence-electron chi connectivity index (χ1n) is 0. The van der Waals surface area contributed by atoms with E-state index in [1.54, 1.807) is 0 Å². The Morgan fingerprint density at radius 2 is 0.364 bits per heavy atom. The second kappa shape index (κ2) is 1570. The second-order valence-electron chi connectivity index (χ2n) is 0. The van der Waals surface area contributed by atoms with Gasteiger partial charge in [0.05, 0.1) is 0 Å². The molecule has 0 saturated heterocycles. The minimum Gasteiger partial charge on any atom is -2.00 e. The molecule has 0 heterocycles. The number of halogens is 1. The van der Waals surface area contributed by atoms with Gasteiger partial charge in [-0.2, -0.15) is 0 Å².